The molecular formula is C12H14BrF3OS. The van der Waals surface area contributed by atoms with Crippen LogP contribution in [0.5, 0.6) is 0 Å². The molecule has 1 aromatic rings. The highest BCUT2D eigenvalue weighted by molar-refractivity contribution is 9.10. The molecule has 0 aromatic carbocycles. The molecular weight excluding hydrogens is 329 g/mol. The van der Waals surface area contributed by atoms with Gasteiger partial charge in [0.2, 0.25) is 0 Å². The minimum absolute atomic E-state index is 0.0343. The Kier molecular flexibility index (Phi) is 4.09. The third-order valence-corrected chi connectivity index (χ3v) is 5.20. The fourth-order valence-corrected chi connectivity index (χ4v) is 4.02. The number of halogens is 4. The lowest BCUT2D eigenvalue weighted by molar-refractivity contribution is -0.192. The van der Waals surface area contributed by atoms with Gasteiger partial charge >= 0.3 is 6.18 Å². The first-order valence-corrected chi connectivity index (χ1v) is 7.48. The minimum Gasteiger partial charge on any atom is -0.390 e. The second-order valence-electron chi connectivity index (χ2n) is 4.95. The number of alkyl halides is 3. The van der Waals surface area contributed by atoms with E-state index in [0.717, 1.165) is 9.35 Å². The highest BCUT2D eigenvalue weighted by Gasteiger charge is 2.45. The molecule has 0 bridgehead atoms. The molecule has 1 fully saturated rings. The van der Waals surface area contributed by atoms with Crippen LogP contribution in [0.15, 0.2) is 15.9 Å². The summed E-state index contributed by atoms with van der Waals surface area (Å²) >= 11 is 4.85. The van der Waals surface area contributed by atoms with Crippen LogP contribution in [0.4, 0.5) is 13.2 Å². The van der Waals surface area contributed by atoms with Gasteiger partial charge in [-0.3, -0.25) is 0 Å². The van der Waals surface area contributed by atoms with Crippen molar-refractivity contribution in [3.8, 4) is 0 Å². The van der Waals surface area contributed by atoms with Gasteiger partial charge in [0.25, 0.3) is 0 Å². The largest absolute Gasteiger partial charge is 0.391 e. The molecule has 1 nitrogen and oxygen atoms in total. The molecule has 1 aromatic heterocycles. The van der Waals surface area contributed by atoms with E-state index in [2.05, 4.69) is 15.9 Å². The van der Waals surface area contributed by atoms with Gasteiger partial charge in [0, 0.05) is 21.2 Å². The van der Waals surface area contributed by atoms with Crippen LogP contribution >= 0.6 is 27.3 Å². The van der Waals surface area contributed by atoms with Crippen LogP contribution in [-0.2, 0) is 6.42 Å². The predicted octanol–water partition coefficient (Wildman–Crippen LogP) is 4.54. The van der Waals surface area contributed by atoms with Crippen LogP contribution in [-0.4, -0.2) is 16.9 Å². The standard InChI is InChI=1S/C12H14BrF3OS/c13-9-5-10(18-7-9)6-11(17)3-1-8(2-4-11)12(14,15)16/h5,7-8,17H,1-4,6H2. The lowest BCUT2D eigenvalue weighted by Crippen LogP contribution is -2.39. The van der Waals surface area contributed by atoms with Crippen LogP contribution in [0.2, 0.25) is 0 Å². The third-order valence-electron chi connectivity index (χ3n) is 3.50. The number of hydrogen-bond acceptors (Lipinski definition) is 2. The van der Waals surface area contributed by atoms with E-state index in [-0.39, 0.29) is 25.7 Å². The summed E-state index contributed by atoms with van der Waals surface area (Å²) in [6, 6.07) is 1.92. The first kappa shape index (κ1) is 14.3. The first-order chi connectivity index (χ1) is 8.28. The Bertz CT molecular complexity index is 408. The second kappa shape index (κ2) is 5.13. The van der Waals surface area contributed by atoms with Gasteiger partial charge in [0.15, 0.2) is 0 Å². The molecule has 0 spiro atoms. The Balaban J connectivity index is 1.95. The normalized spacial score (nSPS) is 29.5. The minimum atomic E-state index is -4.12. The predicted molar refractivity (Wildman–Crippen MR) is 68.7 cm³/mol. The van der Waals surface area contributed by atoms with Gasteiger partial charge in [0.1, 0.15) is 0 Å². The summed E-state index contributed by atoms with van der Waals surface area (Å²) in [7, 11) is 0. The molecule has 2 rings (SSSR count). The molecule has 1 heterocycles. The highest BCUT2D eigenvalue weighted by Crippen LogP contribution is 2.42. The molecule has 0 unspecified atom stereocenters. The molecule has 0 amide bonds. The van der Waals surface area contributed by atoms with Gasteiger partial charge in [-0.2, -0.15) is 13.2 Å². The Labute approximate surface area is 116 Å². The van der Waals surface area contributed by atoms with Crippen LogP contribution in [0.1, 0.15) is 30.6 Å². The molecule has 1 aliphatic carbocycles. The molecule has 1 N–H and O–H groups in total. The van der Waals surface area contributed by atoms with Crippen LogP contribution < -0.4 is 0 Å². The zero-order valence-corrected chi connectivity index (χ0v) is 12.0. The van der Waals surface area contributed by atoms with Crippen molar-refractivity contribution in [1.29, 1.82) is 0 Å². The summed E-state index contributed by atoms with van der Waals surface area (Å²) in [5.41, 5.74) is -0.966. The summed E-state index contributed by atoms with van der Waals surface area (Å²) in [6.45, 7) is 0. The fraction of sp³-hybridized carbons (Fsp3) is 0.667. The number of rotatable bonds is 2. The van der Waals surface area contributed by atoms with Crippen molar-refractivity contribution in [3.05, 3.63) is 20.8 Å². The SMILES string of the molecule is OC1(Cc2cc(Br)cs2)CCC(C(F)(F)F)CC1. The van der Waals surface area contributed by atoms with Crippen molar-refractivity contribution >= 4 is 27.3 Å². The molecule has 0 atom stereocenters. The van der Waals surface area contributed by atoms with E-state index in [4.69, 9.17) is 0 Å². The van der Waals surface area contributed by atoms with E-state index in [1.165, 1.54) is 11.3 Å². The van der Waals surface area contributed by atoms with E-state index >= 15 is 0 Å². The summed E-state index contributed by atoms with van der Waals surface area (Å²) in [5, 5.41) is 12.3. The van der Waals surface area contributed by atoms with Gasteiger partial charge in [-0.05, 0) is 47.7 Å². The van der Waals surface area contributed by atoms with E-state index in [0.29, 0.717) is 6.42 Å². The number of hydrogen-bond donors (Lipinski definition) is 1. The van der Waals surface area contributed by atoms with Gasteiger partial charge in [-0.1, -0.05) is 0 Å². The monoisotopic (exact) mass is 342 g/mol. The maximum Gasteiger partial charge on any atom is 0.391 e. The van der Waals surface area contributed by atoms with E-state index in [1.807, 2.05) is 11.4 Å². The molecule has 0 radical (unpaired) electrons. The Morgan fingerprint density at radius 1 is 1.39 bits per heavy atom. The average Bonchev–Trinajstić information content (AvgIpc) is 2.62. The van der Waals surface area contributed by atoms with Crippen molar-refractivity contribution in [2.75, 3.05) is 0 Å². The quantitative estimate of drug-likeness (QED) is 0.836. The third kappa shape index (κ3) is 3.48. The Hall–Kier alpha value is -0.0700. The lowest BCUT2D eigenvalue weighted by atomic mass is 9.76. The molecule has 102 valence electrons. The highest BCUT2D eigenvalue weighted by atomic mass is 79.9. The first-order valence-electron chi connectivity index (χ1n) is 5.80. The summed E-state index contributed by atoms with van der Waals surface area (Å²) in [4.78, 5) is 1.01. The van der Waals surface area contributed by atoms with E-state index < -0.39 is 17.7 Å². The summed E-state index contributed by atoms with van der Waals surface area (Å²) in [6.07, 6.45) is -3.14. The lowest BCUT2D eigenvalue weighted by Gasteiger charge is -2.36. The van der Waals surface area contributed by atoms with E-state index in [1.54, 1.807) is 0 Å². The smallest absolute Gasteiger partial charge is 0.390 e. The fourth-order valence-electron chi connectivity index (χ4n) is 2.43. The Morgan fingerprint density at radius 3 is 2.44 bits per heavy atom. The van der Waals surface area contributed by atoms with Crippen molar-refractivity contribution in [1.82, 2.24) is 0 Å². The maximum atomic E-state index is 12.5. The van der Waals surface area contributed by atoms with Gasteiger partial charge in [0.05, 0.1) is 11.5 Å². The average molecular weight is 343 g/mol. The molecule has 18 heavy (non-hydrogen) atoms. The van der Waals surface area contributed by atoms with E-state index in [9.17, 15) is 18.3 Å². The number of aliphatic hydroxyl groups is 1. The van der Waals surface area contributed by atoms with Gasteiger partial charge in [-0.25, -0.2) is 0 Å². The topological polar surface area (TPSA) is 20.2 Å². The zero-order chi connectivity index (χ0) is 13.4. The van der Waals surface area contributed by atoms with Gasteiger partial charge in [-0.15, -0.1) is 11.3 Å². The van der Waals surface area contributed by atoms with Crippen molar-refractivity contribution in [3.63, 3.8) is 0 Å². The molecule has 0 saturated heterocycles. The zero-order valence-electron chi connectivity index (χ0n) is 9.63. The molecule has 1 saturated carbocycles. The van der Waals surface area contributed by atoms with Gasteiger partial charge < -0.3 is 5.11 Å². The van der Waals surface area contributed by atoms with Crippen molar-refractivity contribution < 1.29 is 18.3 Å². The summed E-state index contributed by atoms with van der Waals surface area (Å²) in [5.74, 6) is -1.24. The second-order valence-corrected chi connectivity index (χ2v) is 6.86. The maximum absolute atomic E-state index is 12.5. The van der Waals surface area contributed by atoms with Crippen LogP contribution in [0, 0.1) is 5.92 Å². The van der Waals surface area contributed by atoms with Crippen LogP contribution in [0.25, 0.3) is 0 Å². The van der Waals surface area contributed by atoms with Crippen molar-refractivity contribution in [2.24, 2.45) is 5.92 Å². The van der Waals surface area contributed by atoms with Crippen LogP contribution in [0.3, 0.4) is 0 Å². The summed E-state index contributed by atoms with van der Waals surface area (Å²) < 4.78 is 38.6. The molecule has 1 aliphatic rings. The molecule has 6 heteroatoms. The molecule has 0 aliphatic heterocycles. The van der Waals surface area contributed by atoms with Crippen molar-refractivity contribution in [2.45, 2.75) is 43.9 Å². The Morgan fingerprint density at radius 2 is 2.00 bits per heavy atom. The number of thiophene rings is 1.